The lowest BCUT2D eigenvalue weighted by Gasteiger charge is -2.44. The Morgan fingerprint density at radius 3 is 2.26 bits per heavy atom. The van der Waals surface area contributed by atoms with Crippen molar-refractivity contribution in [2.45, 2.75) is 69.9 Å². The maximum Gasteiger partial charge on any atom is 0.328 e. The van der Waals surface area contributed by atoms with Crippen LogP contribution in [0.2, 0.25) is 0 Å². The minimum Gasteiger partial charge on any atom is -0.467 e. The first-order valence-corrected chi connectivity index (χ1v) is 21.0. The van der Waals surface area contributed by atoms with Crippen LogP contribution in [-0.4, -0.2) is 70.4 Å². The van der Waals surface area contributed by atoms with Crippen molar-refractivity contribution in [3.05, 3.63) is 166 Å². The zero-order chi connectivity index (χ0) is 42.3. The third-order valence-electron chi connectivity index (χ3n) is 12.1. The van der Waals surface area contributed by atoms with Crippen molar-refractivity contribution in [1.82, 2.24) is 25.1 Å². The number of urea groups is 1. The van der Waals surface area contributed by atoms with Crippen molar-refractivity contribution in [2.75, 3.05) is 26.7 Å². The summed E-state index contributed by atoms with van der Waals surface area (Å²) in [5.74, 6) is -0.471. The van der Waals surface area contributed by atoms with Crippen LogP contribution < -0.4 is 16.3 Å². The van der Waals surface area contributed by atoms with E-state index in [4.69, 9.17) is 14.2 Å². The summed E-state index contributed by atoms with van der Waals surface area (Å²) in [5, 5.41) is 15.3. The quantitative estimate of drug-likeness (QED) is 0.0895. The summed E-state index contributed by atoms with van der Waals surface area (Å²) in [4.78, 5) is 43.8. The Morgan fingerprint density at radius 1 is 0.820 bits per heavy atom. The lowest BCUT2D eigenvalue weighted by Crippen LogP contribution is -2.47. The Morgan fingerprint density at radius 2 is 1.52 bits per heavy atom. The van der Waals surface area contributed by atoms with Crippen molar-refractivity contribution < 1.29 is 28.9 Å². The summed E-state index contributed by atoms with van der Waals surface area (Å²) in [6, 6.07) is 40.3. The fourth-order valence-electron chi connectivity index (χ4n) is 8.65. The molecule has 2 saturated heterocycles. The molecule has 8 rings (SSSR count). The number of para-hydroxylation sites is 2. The Hall–Kier alpha value is -6.05. The molecule has 0 bridgehead atoms. The van der Waals surface area contributed by atoms with Crippen molar-refractivity contribution in [3.8, 4) is 11.1 Å². The second kappa shape index (κ2) is 19.1. The number of fused-ring (bicyclic) bond motifs is 1. The first-order valence-electron chi connectivity index (χ1n) is 21.0. The van der Waals surface area contributed by atoms with Crippen LogP contribution in [0.1, 0.15) is 66.0 Å². The Kier molecular flexibility index (Phi) is 13.1. The van der Waals surface area contributed by atoms with E-state index in [2.05, 4.69) is 39.6 Å². The van der Waals surface area contributed by atoms with E-state index in [1.54, 1.807) is 0 Å². The molecular weight excluding hydrogens is 771 g/mol. The van der Waals surface area contributed by atoms with E-state index in [0.29, 0.717) is 6.42 Å². The number of aromatic amines is 1. The number of nitrogens with zero attached hydrogens (tertiary/aromatic N) is 2. The molecule has 5 atom stereocenters. The fraction of sp³-hybridized carbons (Fsp3) is 0.327. The number of hydrogen-bond acceptors (Lipinski definition) is 8. The Balaban J connectivity index is 0.930. The van der Waals surface area contributed by atoms with Gasteiger partial charge in [-0.2, -0.15) is 0 Å². The third kappa shape index (κ3) is 9.79. The van der Waals surface area contributed by atoms with E-state index >= 15 is 0 Å². The van der Waals surface area contributed by atoms with Crippen LogP contribution in [0.3, 0.4) is 0 Å². The molecular formula is C49H53N5O7. The maximum atomic E-state index is 12.9. The van der Waals surface area contributed by atoms with Gasteiger partial charge in [0.05, 0.1) is 37.0 Å². The van der Waals surface area contributed by atoms with Gasteiger partial charge < -0.3 is 39.8 Å². The molecule has 0 spiro atoms. The number of ether oxygens (including phenoxy) is 3. The van der Waals surface area contributed by atoms with E-state index in [1.807, 2.05) is 120 Å². The summed E-state index contributed by atoms with van der Waals surface area (Å²) in [6.07, 6.45) is 1.08. The predicted octanol–water partition coefficient (Wildman–Crippen LogP) is 7.20. The van der Waals surface area contributed by atoms with E-state index in [9.17, 15) is 19.5 Å². The zero-order valence-corrected chi connectivity index (χ0v) is 34.5. The molecule has 4 N–H and O–H groups in total. The number of hydrogen-bond donors (Lipinski definition) is 4. The number of amides is 2. The number of benzene rings is 5. The van der Waals surface area contributed by atoms with Gasteiger partial charge in [0, 0.05) is 50.1 Å². The lowest BCUT2D eigenvalue weighted by atomic mass is 9.89. The second-order valence-corrected chi connectivity index (χ2v) is 16.1. The van der Waals surface area contributed by atoms with Gasteiger partial charge in [-0.15, -0.1) is 0 Å². The van der Waals surface area contributed by atoms with E-state index < -0.39 is 24.3 Å². The maximum absolute atomic E-state index is 12.9. The van der Waals surface area contributed by atoms with Gasteiger partial charge in [0.15, 0.2) is 6.29 Å². The molecule has 2 fully saturated rings. The van der Waals surface area contributed by atoms with Gasteiger partial charge in [0.25, 0.3) is 0 Å². The highest BCUT2D eigenvalue weighted by Crippen LogP contribution is 2.42. The summed E-state index contributed by atoms with van der Waals surface area (Å²) in [5.41, 5.74) is 8.34. The van der Waals surface area contributed by atoms with Gasteiger partial charge in [0.2, 0.25) is 0 Å². The highest BCUT2D eigenvalue weighted by Gasteiger charge is 2.40. The standard InChI is InChI=1S/C49H53N5O7/c1-32-44(30-53-25-23-40(24-26-53)54-43-14-7-6-13-41(43)52-49(54)58)60-47(61-45(32)37-17-15-34(31-55)16-18-37)38-21-19-36(20-22-38)39-12-8-11-35(27-39)29-50-48(57)51-42(46(56)59-2)28-33-9-4-3-5-10-33/h3-22,27,32,40,42,44-45,47,55H,23-26,28-31H2,1-2H3,(H,52,58)(H2,50,51,57). The van der Waals surface area contributed by atoms with E-state index in [-0.39, 0.29) is 43.0 Å². The van der Waals surface area contributed by atoms with Gasteiger partial charge in [-0.25, -0.2) is 14.4 Å². The van der Waals surface area contributed by atoms with Crippen molar-refractivity contribution in [2.24, 2.45) is 5.92 Å². The number of aromatic nitrogens is 2. The van der Waals surface area contributed by atoms with Crippen LogP contribution in [0.25, 0.3) is 22.2 Å². The number of methoxy groups -OCH3 is 1. The molecule has 2 aliphatic heterocycles. The number of imidazole rings is 1. The molecule has 0 radical (unpaired) electrons. The molecule has 5 unspecified atom stereocenters. The highest BCUT2D eigenvalue weighted by molar-refractivity contribution is 5.83. The number of aliphatic hydroxyl groups is 1. The summed E-state index contributed by atoms with van der Waals surface area (Å²) >= 11 is 0. The SMILES string of the molecule is COC(=O)C(Cc1ccccc1)NC(=O)NCc1cccc(-c2ccc(C3OC(CN4CCC(n5c(=O)[nH]c6ccccc65)CC4)C(C)C(c4ccc(CO)cc4)O3)cc2)c1. The number of likely N-dealkylation sites (tertiary alicyclic amines) is 1. The molecule has 2 aliphatic rings. The molecule has 0 aliphatic carbocycles. The lowest BCUT2D eigenvalue weighted by molar-refractivity contribution is -0.276. The zero-order valence-electron chi connectivity index (χ0n) is 34.5. The van der Waals surface area contributed by atoms with Crippen LogP contribution >= 0.6 is 0 Å². The molecule has 5 aromatic carbocycles. The Bertz CT molecular complexity index is 2460. The van der Waals surface area contributed by atoms with Gasteiger partial charge >= 0.3 is 17.7 Å². The summed E-state index contributed by atoms with van der Waals surface area (Å²) < 4.78 is 20.5. The van der Waals surface area contributed by atoms with Gasteiger partial charge in [-0.05, 0) is 64.4 Å². The van der Waals surface area contributed by atoms with Crippen LogP contribution in [-0.2, 0) is 38.6 Å². The average molecular weight is 824 g/mol. The predicted molar refractivity (Wildman–Crippen MR) is 233 cm³/mol. The highest BCUT2D eigenvalue weighted by atomic mass is 16.7. The molecule has 316 valence electrons. The van der Waals surface area contributed by atoms with E-state index in [0.717, 1.165) is 82.5 Å². The number of esters is 1. The molecule has 2 amide bonds. The summed E-state index contributed by atoms with van der Waals surface area (Å²) in [6.45, 7) is 4.85. The first-order chi connectivity index (χ1) is 29.8. The molecule has 61 heavy (non-hydrogen) atoms. The molecule has 6 aromatic rings. The number of nitrogens with one attached hydrogen (secondary N) is 3. The number of aliphatic hydroxyl groups excluding tert-OH is 1. The second-order valence-electron chi connectivity index (χ2n) is 16.1. The molecule has 12 heteroatoms. The average Bonchev–Trinajstić information content (AvgIpc) is 3.64. The van der Waals surface area contributed by atoms with E-state index in [1.165, 1.54) is 7.11 Å². The van der Waals surface area contributed by atoms with Crippen molar-refractivity contribution in [1.29, 1.82) is 0 Å². The number of H-pyrrole nitrogens is 1. The first kappa shape index (κ1) is 41.7. The van der Waals surface area contributed by atoms with Gasteiger partial charge in [0.1, 0.15) is 6.04 Å². The topological polar surface area (TPSA) is 147 Å². The number of carbonyl (C=O) groups excluding carboxylic acids is 2. The molecule has 12 nitrogen and oxygen atoms in total. The van der Waals surface area contributed by atoms with Gasteiger partial charge in [-0.3, -0.25) is 4.57 Å². The normalized spacial score (nSPS) is 20.2. The van der Waals surface area contributed by atoms with Crippen LogP contribution in [0.15, 0.2) is 132 Å². The van der Waals surface area contributed by atoms with Crippen molar-refractivity contribution >= 4 is 23.0 Å². The number of carbonyl (C=O) groups is 2. The van der Waals surface area contributed by atoms with Crippen LogP contribution in [0.4, 0.5) is 4.79 Å². The smallest absolute Gasteiger partial charge is 0.328 e. The van der Waals surface area contributed by atoms with Crippen LogP contribution in [0.5, 0.6) is 0 Å². The van der Waals surface area contributed by atoms with Crippen LogP contribution in [0, 0.1) is 5.92 Å². The minimum absolute atomic E-state index is 0.0237. The summed E-state index contributed by atoms with van der Waals surface area (Å²) in [7, 11) is 1.31. The molecule has 1 aromatic heterocycles. The van der Waals surface area contributed by atoms with Crippen molar-refractivity contribution in [3.63, 3.8) is 0 Å². The molecule has 0 saturated carbocycles. The molecule has 3 heterocycles. The van der Waals surface area contributed by atoms with Gasteiger partial charge in [-0.1, -0.05) is 116 Å². The Labute approximate surface area is 355 Å². The monoisotopic (exact) mass is 823 g/mol. The minimum atomic E-state index is -0.822. The largest absolute Gasteiger partial charge is 0.467 e. The third-order valence-corrected chi connectivity index (χ3v) is 12.1. The number of rotatable bonds is 13. The number of piperidine rings is 1. The fourth-order valence-corrected chi connectivity index (χ4v) is 8.65.